The molecule has 124 valence electrons. The third-order valence-corrected chi connectivity index (χ3v) is 3.68. The van der Waals surface area contributed by atoms with E-state index in [0.29, 0.717) is 24.9 Å². The van der Waals surface area contributed by atoms with Crippen LogP contribution in [-0.2, 0) is 11.0 Å². The van der Waals surface area contributed by atoms with Gasteiger partial charge in [0.15, 0.2) is 0 Å². The molecule has 0 radical (unpaired) electrons. The normalized spacial score (nSPS) is 22.0. The average Bonchev–Trinajstić information content (AvgIpc) is 2.36. The smallest absolute Gasteiger partial charge is 0.419 e. The Morgan fingerprint density at radius 3 is 2.59 bits per heavy atom. The van der Waals surface area contributed by atoms with Crippen molar-refractivity contribution in [2.24, 2.45) is 5.92 Å². The highest BCUT2D eigenvalue weighted by atomic mass is 35.5. The summed E-state index contributed by atoms with van der Waals surface area (Å²) in [5.74, 6) is -2.26. The molecule has 1 aromatic rings. The van der Waals surface area contributed by atoms with Gasteiger partial charge in [0, 0.05) is 12.5 Å². The molecule has 0 bridgehead atoms. The topological polar surface area (TPSA) is 49.3 Å². The number of rotatable bonds is 3. The number of halogens is 5. The van der Waals surface area contributed by atoms with Gasteiger partial charge in [-0.05, 0) is 43.0 Å². The highest BCUT2D eigenvalue weighted by Crippen LogP contribution is 2.34. The van der Waals surface area contributed by atoms with Crippen LogP contribution in [0.15, 0.2) is 18.2 Å². The van der Waals surface area contributed by atoms with Crippen molar-refractivity contribution in [2.75, 3.05) is 6.54 Å². The van der Waals surface area contributed by atoms with E-state index in [1.807, 2.05) is 0 Å². The maximum atomic E-state index is 13.6. The number of carboxylic acid groups (broad SMARTS) is 1. The van der Waals surface area contributed by atoms with Gasteiger partial charge in [0.05, 0.1) is 5.56 Å². The molecule has 1 aliphatic rings. The Kier molecular flexibility index (Phi) is 6.19. The maximum Gasteiger partial charge on any atom is 0.419 e. The van der Waals surface area contributed by atoms with Crippen LogP contribution in [0.5, 0.6) is 0 Å². The molecule has 2 N–H and O–H groups in total. The molecule has 0 aromatic heterocycles. The van der Waals surface area contributed by atoms with Crippen molar-refractivity contribution in [1.29, 1.82) is 0 Å². The van der Waals surface area contributed by atoms with Crippen molar-refractivity contribution < 1.29 is 27.5 Å². The number of piperidine rings is 1. The van der Waals surface area contributed by atoms with Gasteiger partial charge in [-0.2, -0.15) is 13.2 Å². The molecule has 0 amide bonds. The fourth-order valence-corrected chi connectivity index (χ4v) is 2.66. The first kappa shape index (κ1) is 18.7. The lowest BCUT2D eigenvalue weighted by molar-refractivity contribution is -0.140. The third kappa shape index (κ3) is 4.58. The third-order valence-electron chi connectivity index (χ3n) is 3.68. The number of carboxylic acids is 1. The predicted molar refractivity (Wildman–Crippen MR) is 74.4 cm³/mol. The van der Waals surface area contributed by atoms with Crippen molar-refractivity contribution >= 4 is 18.4 Å². The molecule has 2 unspecified atom stereocenters. The van der Waals surface area contributed by atoms with E-state index in [4.69, 9.17) is 5.11 Å². The maximum absolute atomic E-state index is 13.6. The van der Waals surface area contributed by atoms with Gasteiger partial charge in [0.25, 0.3) is 0 Å². The van der Waals surface area contributed by atoms with Crippen LogP contribution in [0.3, 0.4) is 0 Å². The quantitative estimate of drug-likeness (QED) is 0.823. The summed E-state index contributed by atoms with van der Waals surface area (Å²) in [6, 6.07) is 2.53. The Bertz CT molecular complexity index is 536. The Labute approximate surface area is 131 Å². The molecule has 0 spiro atoms. The second-order valence-corrected chi connectivity index (χ2v) is 5.23. The van der Waals surface area contributed by atoms with Gasteiger partial charge in [-0.3, -0.25) is 4.79 Å². The Hall–Kier alpha value is -1.34. The lowest BCUT2D eigenvalue weighted by atomic mass is 9.86. The van der Waals surface area contributed by atoms with Crippen molar-refractivity contribution in [3.63, 3.8) is 0 Å². The van der Waals surface area contributed by atoms with Crippen LogP contribution in [0.2, 0.25) is 0 Å². The lowest BCUT2D eigenvalue weighted by Crippen LogP contribution is -2.32. The van der Waals surface area contributed by atoms with Crippen LogP contribution >= 0.6 is 12.4 Å². The summed E-state index contributed by atoms with van der Waals surface area (Å²) < 4.78 is 51.1. The average molecular weight is 342 g/mol. The van der Waals surface area contributed by atoms with Gasteiger partial charge in [0.1, 0.15) is 5.82 Å². The van der Waals surface area contributed by atoms with Gasteiger partial charge in [-0.1, -0.05) is 6.07 Å². The van der Waals surface area contributed by atoms with Gasteiger partial charge in [-0.15, -0.1) is 12.4 Å². The molecule has 3 nitrogen and oxygen atoms in total. The summed E-state index contributed by atoms with van der Waals surface area (Å²) >= 11 is 0. The zero-order valence-electron chi connectivity index (χ0n) is 11.5. The van der Waals surface area contributed by atoms with Crippen LogP contribution in [0.1, 0.15) is 36.4 Å². The van der Waals surface area contributed by atoms with E-state index in [-0.39, 0.29) is 30.8 Å². The molecule has 1 aromatic carbocycles. The molecule has 0 saturated carbocycles. The van der Waals surface area contributed by atoms with Crippen molar-refractivity contribution in [2.45, 2.75) is 31.5 Å². The second kappa shape index (κ2) is 7.28. The van der Waals surface area contributed by atoms with Crippen LogP contribution in [-0.4, -0.2) is 17.6 Å². The van der Waals surface area contributed by atoms with Gasteiger partial charge >= 0.3 is 12.1 Å². The Balaban J connectivity index is 0.00000242. The first-order valence-corrected chi connectivity index (χ1v) is 6.59. The molecule has 1 aliphatic heterocycles. The highest BCUT2D eigenvalue weighted by molar-refractivity contribution is 5.85. The van der Waals surface area contributed by atoms with Crippen LogP contribution in [0.4, 0.5) is 17.6 Å². The van der Waals surface area contributed by atoms with Gasteiger partial charge in [0.2, 0.25) is 0 Å². The van der Waals surface area contributed by atoms with Crippen molar-refractivity contribution in [1.82, 2.24) is 5.32 Å². The SMILES string of the molecule is Cl.O=C(O)CC1CCNC(c2ccc(C(F)(F)F)c(F)c2)C1. The molecular weight excluding hydrogens is 326 g/mol. The van der Waals surface area contributed by atoms with Gasteiger partial charge in [-0.25, -0.2) is 4.39 Å². The molecule has 2 atom stereocenters. The van der Waals surface area contributed by atoms with Crippen molar-refractivity contribution in [3.8, 4) is 0 Å². The molecule has 1 fully saturated rings. The lowest BCUT2D eigenvalue weighted by Gasteiger charge is -2.30. The van der Waals surface area contributed by atoms with Crippen LogP contribution in [0, 0.1) is 11.7 Å². The summed E-state index contributed by atoms with van der Waals surface area (Å²) in [5, 5.41) is 11.9. The van der Waals surface area contributed by atoms with E-state index in [0.717, 1.165) is 12.1 Å². The van der Waals surface area contributed by atoms with Gasteiger partial charge < -0.3 is 10.4 Å². The van der Waals surface area contributed by atoms with Crippen LogP contribution in [0.25, 0.3) is 0 Å². The van der Waals surface area contributed by atoms with E-state index < -0.39 is 23.5 Å². The number of hydrogen-bond acceptors (Lipinski definition) is 2. The Morgan fingerprint density at radius 2 is 2.05 bits per heavy atom. The van der Waals surface area contributed by atoms with E-state index >= 15 is 0 Å². The first-order valence-electron chi connectivity index (χ1n) is 6.59. The highest BCUT2D eigenvalue weighted by Gasteiger charge is 2.34. The summed E-state index contributed by atoms with van der Waals surface area (Å²) in [4.78, 5) is 10.7. The number of alkyl halides is 3. The molecule has 22 heavy (non-hydrogen) atoms. The van der Waals surface area contributed by atoms with E-state index in [1.165, 1.54) is 6.07 Å². The molecular formula is C14H16ClF4NO2. The van der Waals surface area contributed by atoms with E-state index in [1.54, 1.807) is 0 Å². The van der Waals surface area contributed by atoms with E-state index in [9.17, 15) is 22.4 Å². The standard InChI is InChI=1S/C14H15F4NO2.ClH/c15-11-7-9(1-2-10(11)14(16,17)18)12-5-8(3-4-19-12)6-13(20)21;/h1-2,7-8,12,19H,3-6H2,(H,20,21);1H. The fraction of sp³-hybridized carbons (Fsp3) is 0.500. The Morgan fingerprint density at radius 1 is 1.36 bits per heavy atom. The molecule has 2 rings (SSSR count). The molecule has 1 heterocycles. The minimum atomic E-state index is -4.71. The van der Waals surface area contributed by atoms with Crippen LogP contribution < -0.4 is 5.32 Å². The molecule has 8 heteroatoms. The number of benzene rings is 1. The number of nitrogens with one attached hydrogen (secondary N) is 1. The fourth-order valence-electron chi connectivity index (χ4n) is 2.66. The summed E-state index contributed by atoms with van der Waals surface area (Å²) in [6.07, 6.45) is -3.54. The largest absolute Gasteiger partial charge is 0.481 e. The zero-order valence-corrected chi connectivity index (χ0v) is 12.3. The number of aliphatic carboxylic acids is 1. The monoisotopic (exact) mass is 341 g/mol. The van der Waals surface area contributed by atoms with E-state index in [2.05, 4.69) is 5.32 Å². The van der Waals surface area contributed by atoms with Crippen molar-refractivity contribution in [3.05, 3.63) is 35.1 Å². The molecule has 1 saturated heterocycles. The summed E-state index contributed by atoms with van der Waals surface area (Å²) in [6.45, 7) is 0.561. The number of hydrogen-bond donors (Lipinski definition) is 2. The number of carbonyl (C=O) groups is 1. The minimum Gasteiger partial charge on any atom is -0.481 e. The molecule has 0 aliphatic carbocycles. The summed E-state index contributed by atoms with van der Waals surface area (Å²) in [5.41, 5.74) is -0.875. The second-order valence-electron chi connectivity index (χ2n) is 5.23. The minimum absolute atomic E-state index is 0. The predicted octanol–water partition coefficient (Wildman–Crippen LogP) is 3.78. The first-order chi connectivity index (χ1) is 9.77. The summed E-state index contributed by atoms with van der Waals surface area (Å²) in [7, 11) is 0. The zero-order chi connectivity index (χ0) is 15.6.